The summed E-state index contributed by atoms with van der Waals surface area (Å²) in [4.78, 5) is 16.1. The first-order valence-corrected chi connectivity index (χ1v) is 8.49. The molecule has 0 unspecified atom stereocenters. The van der Waals surface area contributed by atoms with Crippen molar-refractivity contribution in [2.75, 3.05) is 32.8 Å². The second-order valence-corrected chi connectivity index (χ2v) is 6.80. The van der Waals surface area contributed by atoms with Crippen molar-refractivity contribution in [2.45, 2.75) is 26.1 Å². The van der Waals surface area contributed by atoms with Crippen LogP contribution in [0, 0.1) is 0 Å². The van der Waals surface area contributed by atoms with E-state index in [0.717, 1.165) is 25.2 Å². The van der Waals surface area contributed by atoms with Gasteiger partial charge in [-0.3, -0.25) is 9.69 Å². The van der Waals surface area contributed by atoms with Crippen LogP contribution in [0.2, 0.25) is 0 Å². The molecule has 4 nitrogen and oxygen atoms in total. The van der Waals surface area contributed by atoms with E-state index in [-0.39, 0.29) is 18.3 Å². The van der Waals surface area contributed by atoms with Crippen molar-refractivity contribution in [3.8, 4) is 5.75 Å². The van der Waals surface area contributed by atoms with Crippen LogP contribution in [0.5, 0.6) is 5.75 Å². The molecule has 1 aliphatic heterocycles. The van der Waals surface area contributed by atoms with Crippen LogP contribution < -0.4 is 4.74 Å². The second kappa shape index (κ2) is 7.74. The molecule has 0 saturated carbocycles. The van der Waals surface area contributed by atoms with Gasteiger partial charge in [-0.05, 0) is 48.0 Å². The maximum Gasteiger partial charge on any atom is 0.416 e. The van der Waals surface area contributed by atoms with Crippen LogP contribution in [-0.2, 0) is 11.0 Å². The van der Waals surface area contributed by atoms with Gasteiger partial charge in [0.1, 0.15) is 5.75 Å². The molecule has 134 valence electrons. The number of hydrogen-bond donors (Lipinski definition) is 0. The molecule has 1 fully saturated rings. The minimum atomic E-state index is -4.45. The highest BCUT2D eigenvalue weighted by Crippen LogP contribution is 2.35. The standard InChI is InChI=1S/C16H20BrF3N2O2/c1-11(2)21-5-7-22(8-6-21)15(23)10-24-14-9-12(16(18,19)20)3-4-13(14)17/h3-4,9,11H,5-8,10H2,1-2H3. The summed E-state index contributed by atoms with van der Waals surface area (Å²) in [5.74, 6) is -0.207. The first-order chi connectivity index (χ1) is 11.2. The van der Waals surface area contributed by atoms with Gasteiger partial charge in [0, 0.05) is 32.2 Å². The maximum atomic E-state index is 12.7. The Hall–Kier alpha value is -1.28. The number of nitrogens with zero attached hydrogens (tertiary/aromatic N) is 2. The number of rotatable bonds is 4. The Labute approximate surface area is 147 Å². The van der Waals surface area contributed by atoms with Gasteiger partial charge in [-0.25, -0.2) is 0 Å². The van der Waals surface area contributed by atoms with Gasteiger partial charge in [-0.15, -0.1) is 0 Å². The molecule has 1 saturated heterocycles. The van der Waals surface area contributed by atoms with Gasteiger partial charge in [0.15, 0.2) is 6.61 Å². The van der Waals surface area contributed by atoms with Crippen LogP contribution in [0.15, 0.2) is 22.7 Å². The topological polar surface area (TPSA) is 32.8 Å². The number of benzene rings is 1. The molecular weight excluding hydrogens is 389 g/mol. The zero-order valence-corrected chi connectivity index (χ0v) is 15.2. The lowest BCUT2D eigenvalue weighted by Gasteiger charge is -2.36. The molecule has 0 aliphatic carbocycles. The Morgan fingerprint density at radius 2 is 1.88 bits per heavy atom. The molecule has 0 N–H and O–H groups in total. The minimum Gasteiger partial charge on any atom is -0.483 e. The third-order valence-electron chi connectivity index (χ3n) is 4.01. The van der Waals surface area contributed by atoms with Crippen LogP contribution >= 0.6 is 15.9 Å². The lowest BCUT2D eigenvalue weighted by Crippen LogP contribution is -2.51. The van der Waals surface area contributed by atoms with Gasteiger partial charge < -0.3 is 9.64 Å². The smallest absolute Gasteiger partial charge is 0.416 e. The van der Waals surface area contributed by atoms with Gasteiger partial charge in [-0.1, -0.05) is 0 Å². The van der Waals surface area contributed by atoms with Crippen molar-refractivity contribution in [3.05, 3.63) is 28.2 Å². The molecular formula is C16H20BrF3N2O2. The first-order valence-electron chi connectivity index (χ1n) is 7.70. The summed E-state index contributed by atoms with van der Waals surface area (Å²) in [5.41, 5.74) is -0.807. The molecule has 8 heteroatoms. The molecule has 0 aromatic heterocycles. The van der Waals surface area contributed by atoms with Crippen molar-refractivity contribution < 1.29 is 22.7 Å². The number of carbonyl (C=O) groups excluding carboxylic acids is 1. The Morgan fingerprint density at radius 3 is 2.42 bits per heavy atom. The summed E-state index contributed by atoms with van der Waals surface area (Å²) < 4.78 is 43.9. The number of piperazine rings is 1. The summed E-state index contributed by atoms with van der Waals surface area (Å²) in [6, 6.07) is 3.56. The van der Waals surface area contributed by atoms with E-state index in [2.05, 4.69) is 34.7 Å². The van der Waals surface area contributed by atoms with Crippen LogP contribution in [-0.4, -0.2) is 54.5 Å². The van der Waals surface area contributed by atoms with Gasteiger partial charge in [0.05, 0.1) is 10.0 Å². The maximum absolute atomic E-state index is 12.7. The van der Waals surface area contributed by atoms with Crippen molar-refractivity contribution in [3.63, 3.8) is 0 Å². The van der Waals surface area contributed by atoms with E-state index in [1.165, 1.54) is 6.07 Å². The highest BCUT2D eigenvalue weighted by molar-refractivity contribution is 9.10. The molecule has 24 heavy (non-hydrogen) atoms. The molecule has 1 aromatic rings. The summed E-state index contributed by atoms with van der Waals surface area (Å²) >= 11 is 3.14. The number of halogens is 4. The second-order valence-electron chi connectivity index (χ2n) is 5.94. The monoisotopic (exact) mass is 408 g/mol. The number of ether oxygens (including phenoxy) is 1. The average molecular weight is 409 g/mol. The Morgan fingerprint density at radius 1 is 1.25 bits per heavy atom. The summed E-state index contributed by atoms with van der Waals surface area (Å²) in [7, 11) is 0. The quantitative estimate of drug-likeness (QED) is 0.765. The lowest BCUT2D eigenvalue weighted by molar-refractivity contribution is -0.137. The highest BCUT2D eigenvalue weighted by Gasteiger charge is 2.31. The van der Waals surface area contributed by atoms with Gasteiger partial charge >= 0.3 is 6.18 Å². The number of hydrogen-bond acceptors (Lipinski definition) is 3. The highest BCUT2D eigenvalue weighted by atomic mass is 79.9. The number of alkyl halides is 3. The van der Waals surface area contributed by atoms with E-state index in [4.69, 9.17) is 4.74 Å². The Bertz CT molecular complexity index is 585. The molecule has 0 bridgehead atoms. The fraction of sp³-hybridized carbons (Fsp3) is 0.562. The van der Waals surface area contributed by atoms with Gasteiger partial charge in [0.2, 0.25) is 0 Å². The third-order valence-corrected chi connectivity index (χ3v) is 4.66. The van der Waals surface area contributed by atoms with Crippen molar-refractivity contribution in [2.24, 2.45) is 0 Å². The van der Waals surface area contributed by atoms with E-state index in [0.29, 0.717) is 23.6 Å². The van der Waals surface area contributed by atoms with E-state index >= 15 is 0 Å². The predicted molar refractivity (Wildman–Crippen MR) is 87.9 cm³/mol. The molecule has 0 atom stereocenters. The van der Waals surface area contributed by atoms with Crippen LogP contribution in [0.25, 0.3) is 0 Å². The van der Waals surface area contributed by atoms with Crippen LogP contribution in [0.3, 0.4) is 0 Å². The zero-order chi connectivity index (χ0) is 17.9. The minimum absolute atomic E-state index is 0.0130. The molecule has 0 radical (unpaired) electrons. The predicted octanol–water partition coefficient (Wildman–Crippen LogP) is 3.40. The van der Waals surface area contributed by atoms with Crippen molar-refractivity contribution >= 4 is 21.8 Å². The Balaban J connectivity index is 1.93. The molecule has 0 spiro atoms. The van der Waals surface area contributed by atoms with E-state index < -0.39 is 11.7 Å². The summed E-state index contributed by atoms with van der Waals surface area (Å²) in [6.07, 6.45) is -4.45. The average Bonchev–Trinajstić information content (AvgIpc) is 2.52. The SMILES string of the molecule is CC(C)N1CCN(C(=O)COc2cc(C(F)(F)F)ccc2Br)CC1. The van der Waals surface area contributed by atoms with Gasteiger partial charge in [0.25, 0.3) is 5.91 Å². The van der Waals surface area contributed by atoms with E-state index in [1.807, 2.05) is 0 Å². The van der Waals surface area contributed by atoms with Crippen molar-refractivity contribution in [1.82, 2.24) is 9.80 Å². The summed E-state index contributed by atoms with van der Waals surface area (Å²) in [5, 5.41) is 0. The largest absolute Gasteiger partial charge is 0.483 e. The van der Waals surface area contributed by atoms with Gasteiger partial charge in [-0.2, -0.15) is 13.2 Å². The zero-order valence-electron chi connectivity index (χ0n) is 13.6. The van der Waals surface area contributed by atoms with Crippen LogP contribution in [0.1, 0.15) is 19.4 Å². The molecule has 1 heterocycles. The van der Waals surface area contributed by atoms with Crippen molar-refractivity contribution in [1.29, 1.82) is 0 Å². The third kappa shape index (κ3) is 4.86. The molecule has 1 amide bonds. The number of amides is 1. The molecule has 2 rings (SSSR count). The first kappa shape index (κ1) is 19.1. The fourth-order valence-corrected chi connectivity index (χ4v) is 2.87. The molecule has 1 aromatic carbocycles. The fourth-order valence-electron chi connectivity index (χ4n) is 2.51. The normalized spacial score (nSPS) is 16.5. The molecule has 1 aliphatic rings. The number of carbonyl (C=O) groups is 1. The lowest BCUT2D eigenvalue weighted by atomic mass is 10.2. The van der Waals surface area contributed by atoms with E-state index in [1.54, 1.807) is 4.90 Å². The Kier molecular flexibility index (Phi) is 6.14. The summed E-state index contributed by atoms with van der Waals surface area (Å²) in [6.45, 7) is 6.71. The van der Waals surface area contributed by atoms with E-state index in [9.17, 15) is 18.0 Å². The van der Waals surface area contributed by atoms with Crippen LogP contribution in [0.4, 0.5) is 13.2 Å².